The molecule has 158 valence electrons. The van der Waals surface area contributed by atoms with Crippen molar-refractivity contribution < 1.29 is 0 Å². The minimum Gasteiger partial charge on any atom is -0.198 e. The van der Waals surface area contributed by atoms with E-state index < -0.39 is 0 Å². The van der Waals surface area contributed by atoms with Crippen LogP contribution < -0.4 is 0 Å². The first kappa shape index (κ1) is 16.8. The molecular formula is C29H37N. The number of rotatable bonds is 1. The van der Waals surface area contributed by atoms with Crippen molar-refractivity contribution in [2.75, 3.05) is 0 Å². The fourth-order valence-corrected chi connectivity index (χ4v) is 13.9. The van der Waals surface area contributed by atoms with Gasteiger partial charge in [-0.3, -0.25) is 0 Å². The lowest BCUT2D eigenvalue weighted by Gasteiger charge is -2.52. The highest BCUT2D eigenvalue weighted by molar-refractivity contribution is 5.28. The Bertz CT molecular complexity index is 860. The topological polar surface area (TPSA) is 23.8 Å². The second-order valence-corrected chi connectivity index (χ2v) is 13.7. The van der Waals surface area contributed by atoms with Crippen LogP contribution in [0.2, 0.25) is 0 Å². The highest BCUT2D eigenvalue weighted by Crippen LogP contribution is 2.82. The highest BCUT2D eigenvalue weighted by atomic mass is 14.8. The molecule has 0 aromatic rings. The molecule has 0 spiro atoms. The Morgan fingerprint density at radius 1 is 0.533 bits per heavy atom. The van der Waals surface area contributed by atoms with Crippen molar-refractivity contribution in [3.8, 4) is 6.07 Å². The second kappa shape index (κ2) is 5.41. The Balaban J connectivity index is 1.08. The van der Waals surface area contributed by atoms with E-state index in [1.807, 2.05) is 0 Å². The molecule has 9 aliphatic carbocycles. The van der Waals surface area contributed by atoms with Gasteiger partial charge in [0.15, 0.2) is 0 Å². The quantitative estimate of drug-likeness (QED) is 0.382. The maximum atomic E-state index is 10.3. The van der Waals surface area contributed by atoms with Gasteiger partial charge in [0.25, 0.3) is 0 Å². The summed E-state index contributed by atoms with van der Waals surface area (Å²) in [5.74, 6) is 16.7. The molecule has 16 unspecified atom stereocenters. The normalized spacial score (nSPS) is 67.8. The third kappa shape index (κ3) is 1.66. The molecule has 0 amide bonds. The van der Waals surface area contributed by atoms with Crippen molar-refractivity contribution in [3.63, 3.8) is 0 Å². The SMILES string of the molecule is N#CC1C2CC(C1C1CCCCC1)C1C3CC(C21)C1C2CC(C4C5C=CC(C5)C24)C31. The maximum absolute atomic E-state index is 10.3. The van der Waals surface area contributed by atoms with Crippen molar-refractivity contribution in [3.05, 3.63) is 12.2 Å². The van der Waals surface area contributed by atoms with Crippen molar-refractivity contribution in [1.82, 2.24) is 0 Å². The summed E-state index contributed by atoms with van der Waals surface area (Å²) in [6.45, 7) is 0. The fourth-order valence-electron chi connectivity index (χ4n) is 13.9. The Kier molecular flexibility index (Phi) is 3.03. The van der Waals surface area contributed by atoms with E-state index in [0.29, 0.717) is 5.92 Å². The Morgan fingerprint density at radius 3 is 1.63 bits per heavy atom. The molecule has 1 nitrogen and oxygen atoms in total. The van der Waals surface area contributed by atoms with E-state index in [0.717, 1.165) is 94.7 Å². The number of fused-ring (bicyclic) bond motifs is 23. The minimum absolute atomic E-state index is 0.439. The van der Waals surface area contributed by atoms with Crippen LogP contribution in [0.1, 0.15) is 57.8 Å². The summed E-state index contributed by atoms with van der Waals surface area (Å²) in [5, 5.41) is 10.3. The second-order valence-electron chi connectivity index (χ2n) is 13.7. The van der Waals surface area contributed by atoms with Gasteiger partial charge in [-0.2, -0.15) is 5.26 Å². The van der Waals surface area contributed by atoms with Crippen molar-refractivity contribution in [2.24, 2.45) is 101 Å². The number of nitriles is 1. The van der Waals surface area contributed by atoms with Crippen LogP contribution in [0, 0.1) is 112 Å². The van der Waals surface area contributed by atoms with E-state index in [2.05, 4.69) is 18.2 Å². The lowest BCUT2D eigenvalue weighted by atomic mass is 9.52. The van der Waals surface area contributed by atoms with Gasteiger partial charge < -0.3 is 0 Å². The molecule has 0 aromatic carbocycles. The molecule has 1 heteroatoms. The van der Waals surface area contributed by atoms with Crippen molar-refractivity contribution in [2.45, 2.75) is 57.8 Å². The summed E-state index contributed by atoms with van der Waals surface area (Å²) in [7, 11) is 0. The van der Waals surface area contributed by atoms with Crippen LogP contribution >= 0.6 is 0 Å². The van der Waals surface area contributed by atoms with Crippen LogP contribution in [0.15, 0.2) is 12.2 Å². The van der Waals surface area contributed by atoms with Crippen LogP contribution in [0.4, 0.5) is 0 Å². The zero-order chi connectivity index (χ0) is 19.3. The largest absolute Gasteiger partial charge is 0.198 e. The first-order valence-corrected chi connectivity index (χ1v) is 13.9. The molecule has 9 aliphatic rings. The molecule has 0 aromatic heterocycles. The van der Waals surface area contributed by atoms with Crippen LogP contribution in [0.3, 0.4) is 0 Å². The summed E-state index contributed by atoms with van der Waals surface area (Å²) < 4.78 is 0. The maximum Gasteiger partial charge on any atom is 0.0661 e. The molecule has 0 saturated heterocycles. The molecule has 0 N–H and O–H groups in total. The van der Waals surface area contributed by atoms with Gasteiger partial charge >= 0.3 is 0 Å². The van der Waals surface area contributed by atoms with Gasteiger partial charge in [0, 0.05) is 0 Å². The molecule has 0 aliphatic heterocycles. The Hall–Kier alpha value is -0.770. The van der Waals surface area contributed by atoms with Gasteiger partial charge in [-0.25, -0.2) is 0 Å². The number of hydrogen-bond acceptors (Lipinski definition) is 1. The van der Waals surface area contributed by atoms with E-state index in [-0.39, 0.29) is 0 Å². The van der Waals surface area contributed by atoms with Gasteiger partial charge in [-0.15, -0.1) is 0 Å². The molecule has 8 bridgehead atoms. The summed E-state index contributed by atoms with van der Waals surface area (Å²) >= 11 is 0. The molecule has 8 saturated carbocycles. The third-order valence-electron chi connectivity index (χ3n) is 13.8. The summed E-state index contributed by atoms with van der Waals surface area (Å²) in [6, 6.07) is 2.96. The first-order chi connectivity index (χ1) is 14.8. The minimum atomic E-state index is 0.439. The standard InChI is InChI=1S/C29H37N/c30-12-22-16-9-17(23(22)13-4-2-1-3-5-13)27-21-11-20(26(16)27)28-18-10-19(29(21)28)25-15-7-6-14(8-15)24(18)25/h6-7,13-29H,1-5,8-11H2. The van der Waals surface area contributed by atoms with Gasteiger partial charge in [0.05, 0.1) is 12.0 Å². The summed E-state index contributed by atoms with van der Waals surface area (Å²) in [5.41, 5.74) is 0. The van der Waals surface area contributed by atoms with Gasteiger partial charge in [0.1, 0.15) is 0 Å². The molecular weight excluding hydrogens is 362 g/mol. The Labute approximate surface area is 182 Å². The van der Waals surface area contributed by atoms with Crippen LogP contribution in [-0.4, -0.2) is 0 Å². The van der Waals surface area contributed by atoms with E-state index in [1.54, 1.807) is 12.8 Å². The number of nitrogens with zero attached hydrogens (tertiary/aromatic N) is 1. The molecule has 16 atom stereocenters. The average Bonchev–Trinajstić information content (AvgIpc) is 3.62. The summed E-state index contributed by atoms with van der Waals surface area (Å²) in [4.78, 5) is 0. The lowest BCUT2D eigenvalue weighted by molar-refractivity contribution is -0.0466. The molecule has 0 heterocycles. The van der Waals surface area contributed by atoms with E-state index in [4.69, 9.17) is 0 Å². The van der Waals surface area contributed by atoms with Gasteiger partial charge in [0.2, 0.25) is 0 Å². The third-order valence-corrected chi connectivity index (χ3v) is 13.8. The average molecular weight is 400 g/mol. The lowest BCUT2D eigenvalue weighted by Crippen LogP contribution is -2.49. The van der Waals surface area contributed by atoms with Gasteiger partial charge in [-0.05, 0) is 120 Å². The van der Waals surface area contributed by atoms with Crippen LogP contribution in [0.5, 0.6) is 0 Å². The van der Waals surface area contributed by atoms with E-state index in [1.165, 1.54) is 44.9 Å². The molecule has 9 rings (SSSR count). The highest BCUT2D eigenvalue weighted by Gasteiger charge is 2.77. The van der Waals surface area contributed by atoms with Crippen molar-refractivity contribution in [1.29, 1.82) is 5.26 Å². The van der Waals surface area contributed by atoms with E-state index in [9.17, 15) is 5.26 Å². The Morgan fingerprint density at radius 2 is 1.03 bits per heavy atom. The zero-order valence-corrected chi connectivity index (χ0v) is 18.3. The zero-order valence-electron chi connectivity index (χ0n) is 18.3. The summed E-state index contributed by atoms with van der Waals surface area (Å²) in [6.07, 6.45) is 18.7. The first-order valence-electron chi connectivity index (χ1n) is 13.9. The smallest absolute Gasteiger partial charge is 0.0661 e. The predicted molar refractivity (Wildman–Crippen MR) is 116 cm³/mol. The predicted octanol–water partition coefficient (Wildman–Crippen LogP) is 6.17. The fraction of sp³-hybridized carbons (Fsp3) is 0.897. The number of hydrogen-bond donors (Lipinski definition) is 0. The van der Waals surface area contributed by atoms with Gasteiger partial charge in [-0.1, -0.05) is 44.3 Å². The van der Waals surface area contributed by atoms with Crippen molar-refractivity contribution >= 4 is 0 Å². The molecule has 0 radical (unpaired) electrons. The monoisotopic (exact) mass is 399 g/mol. The van der Waals surface area contributed by atoms with Crippen LogP contribution in [-0.2, 0) is 0 Å². The molecule has 30 heavy (non-hydrogen) atoms. The number of allylic oxidation sites excluding steroid dienone is 2. The van der Waals surface area contributed by atoms with E-state index >= 15 is 0 Å². The molecule has 8 fully saturated rings. The van der Waals surface area contributed by atoms with Crippen LogP contribution in [0.25, 0.3) is 0 Å².